The number of carbonyl (C=O) groups is 1. The van der Waals surface area contributed by atoms with Crippen LogP contribution in [-0.2, 0) is 11.2 Å². The van der Waals surface area contributed by atoms with Crippen LogP contribution in [-0.4, -0.2) is 36.1 Å². The molecule has 1 aromatic rings. The lowest BCUT2D eigenvalue weighted by molar-refractivity contribution is -0.122. The predicted octanol–water partition coefficient (Wildman–Crippen LogP) is 0.350. The van der Waals surface area contributed by atoms with Crippen molar-refractivity contribution in [3.8, 4) is 5.75 Å². The fraction of sp³-hybridized carbons (Fsp3) is 0.364. The molecule has 0 radical (unpaired) electrons. The van der Waals surface area contributed by atoms with E-state index in [1.54, 1.807) is 37.2 Å². The number of aromatic hydroxyl groups is 1. The first-order valence-corrected chi connectivity index (χ1v) is 4.74. The van der Waals surface area contributed by atoms with E-state index in [9.17, 15) is 9.90 Å². The van der Waals surface area contributed by atoms with Gasteiger partial charge in [0.2, 0.25) is 5.91 Å². The number of primary amides is 1. The maximum atomic E-state index is 11.1. The van der Waals surface area contributed by atoms with Crippen LogP contribution in [0.1, 0.15) is 5.56 Å². The van der Waals surface area contributed by atoms with E-state index in [1.807, 2.05) is 6.07 Å². The minimum Gasteiger partial charge on any atom is -0.508 e. The highest BCUT2D eigenvalue weighted by Crippen LogP contribution is 2.13. The van der Waals surface area contributed by atoms with Gasteiger partial charge in [0, 0.05) is 0 Å². The third-order valence-corrected chi connectivity index (χ3v) is 2.29. The minimum absolute atomic E-state index is 0.203. The zero-order chi connectivity index (χ0) is 11.4. The number of benzene rings is 1. The molecule has 0 fully saturated rings. The highest BCUT2D eigenvalue weighted by molar-refractivity contribution is 5.80. The van der Waals surface area contributed by atoms with Crippen LogP contribution in [0.25, 0.3) is 0 Å². The summed E-state index contributed by atoms with van der Waals surface area (Å²) in [5.74, 6) is -0.155. The van der Waals surface area contributed by atoms with Gasteiger partial charge in [0.25, 0.3) is 0 Å². The van der Waals surface area contributed by atoms with Crippen molar-refractivity contribution in [1.29, 1.82) is 0 Å². The molecule has 4 heteroatoms. The molecule has 0 aliphatic carbocycles. The number of likely N-dealkylation sites (N-methyl/N-ethyl adjacent to an activating group) is 1. The van der Waals surface area contributed by atoms with E-state index in [1.165, 1.54) is 0 Å². The lowest BCUT2D eigenvalue weighted by Gasteiger charge is -2.20. The molecule has 3 N–H and O–H groups in total. The van der Waals surface area contributed by atoms with Crippen molar-refractivity contribution in [1.82, 2.24) is 4.90 Å². The van der Waals surface area contributed by atoms with E-state index in [2.05, 4.69) is 0 Å². The Morgan fingerprint density at radius 2 is 2.20 bits per heavy atom. The Morgan fingerprint density at radius 3 is 2.67 bits per heavy atom. The monoisotopic (exact) mass is 208 g/mol. The molecule has 0 saturated heterocycles. The third kappa shape index (κ3) is 3.25. The lowest BCUT2D eigenvalue weighted by Crippen LogP contribution is -2.41. The summed E-state index contributed by atoms with van der Waals surface area (Å²) in [6, 6.07) is 6.50. The number of carbonyl (C=O) groups excluding carboxylic acids is 1. The van der Waals surface area contributed by atoms with Crippen LogP contribution in [0.15, 0.2) is 24.3 Å². The van der Waals surface area contributed by atoms with E-state index < -0.39 is 0 Å². The molecule has 0 saturated carbocycles. The van der Waals surface area contributed by atoms with Crippen molar-refractivity contribution in [3.05, 3.63) is 29.8 Å². The summed E-state index contributed by atoms with van der Waals surface area (Å²) < 4.78 is 0. The molecule has 0 unspecified atom stereocenters. The molecule has 0 aromatic heterocycles. The first kappa shape index (κ1) is 11.5. The smallest absolute Gasteiger partial charge is 0.235 e. The summed E-state index contributed by atoms with van der Waals surface area (Å²) in [5.41, 5.74) is 6.18. The Balaban J connectivity index is 2.79. The van der Waals surface area contributed by atoms with Gasteiger partial charge in [-0.1, -0.05) is 12.1 Å². The molecule has 0 aliphatic heterocycles. The van der Waals surface area contributed by atoms with Gasteiger partial charge in [-0.2, -0.15) is 0 Å². The Morgan fingerprint density at radius 1 is 1.53 bits per heavy atom. The third-order valence-electron chi connectivity index (χ3n) is 2.29. The largest absolute Gasteiger partial charge is 0.508 e. The Labute approximate surface area is 89.3 Å². The van der Waals surface area contributed by atoms with Crippen molar-refractivity contribution in [2.24, 2.45) is 5.73 Å². The highest BCUT2D eigenvalue weighted by Gasteiger charge is 2.18. The SMILES string of the molecule is CN(C)[C@@H](Cc1cccc(O)c1)C(N)=O. The first-order valence-electron chi connectivity index (χ1n) is 4.74. The normalized spacial score (nSPS) is 12.7. The standard InChI is InChI=1S/C11H16N2O2/c1-13(2)10(11(12)15)7-8-4-3-5-9(14)6-8/h3-6,10,14H,7H2,1-2H3,(H2,12,15)/t10-/m0/s1. The average molecular weight is 208 g/mol. The number of hydrogen-bond acceptors (Lipinski definition) is 3. The number of phenolic OH excluding ortho intramolecular Hbond substituents is 1. The van der Waals surface area contributed by atoms with Crippen LogP contribution in [0.2, 0.25) is 0 Å². The van der Waals surface area contributed by atoms with Crippen molar-refractivity contribution in [2.45, 2.75) is 12.5 Å². The van der Waals surface area contributed by atoms with Crippen molar-refractivity contribution >= 4 is 5.91 Å². The van der Waals surface area contributed by atoms with Crippen molar-refractivity contribution in [2.75, 3.05) is 14.1 Å². The first-order chi connectivity index (χ1) is 7.00. The summed E-state index contributed by atoms with van der Waals surface area (Å²) >= 11 is 0. The molecule has 82 valence electrons. The van der Waals surface area contributed by atoms with Gasteiger partial charge in [-0.25, -0.2) is 0 Å². The molecule has 1 atom stereocenters. The van der Waals surface area contributed by atoms with Crippen LogP contribution < -0.4 is 5.73 Å². The Bertz CT molecular complexity index is 350. The second-order valence-electron chi connectivity index (χ2n) is 3.76. The van der Waals surface area contributed by atoms with Gasteiger partial charge in [0.1, 0.15) is 5.75 Å². The molecule has 0 aliphatic rings. The van der Waals surface area contributed by atoms with Crippen LogP contribution in [0.3, 0.4) is 0 Å². The highest BCUT2D eigenvalue weighted by atomic mass is 16.3. The lowest BCUT2D eigenvalue weighted by atomic mass is 10.0. The van der Waals surface area contributed by atoms with Crippen LogP contribution in [0.4, 0.5) is 0 Å². The van der Waals surface area contributed by atoms with E-state index in [0.29, 0.717) is 6.42 Å². The van der Waals surface area contributed by atoms with Gasteiger partial charge in [0.05, 0.1) is 6.04 Å². The molecule has 0 bridgehead atoms. The summed E-state index contributed by atoms with van der Waals surface area (Å²) in [6.07, 6.45) is 0.511. The van der Waals surface area contributed by atoms with E-state index in [0.717, 1.165) is 5.56 Å². The molecular weight excluding hydrogens is 192 g/mol. The number of nitrogens with two attached hydrogens (primary N) is 1. The average Bonchev–Trinajstić information content (AvgIpc) is 2.13. The maximum Gasteiger partial charge on any atom is 0.235 e. The maximum absolute atomic E-state index is 11.1. The van der Waals surface area contributed by atoms with Crippen LogP contribution in [0, 0.1) is 0 Å². The Kier molecular flexibility index (Phi) is 3.68. The van der Waals surface area contributed by atoms with Crippen LogP contribution >= 0.6 is 0 Å². The van der Waals surface area contributed by atoms with Gasteiger partial charge >= 0.3 is 0 Å². The van der Waals surface area contributed by atoms with Crippen molar-refractivity contribution in [3.63, 3.8) is 0 Å². The minimum atomic E-state index is -0.358. The second-order valence-corrected chi connectivity index (χ2v) is 3.76. The van der Waals surface area contributed by atoms with Crippen LogP contribution in [0.5, 0.6) is 5.75 Å². The topological polar surface area (TPSA) is 66.6 Å². The van der Waals surface area contributed by atoms with Gasteiger partial charge in [0.15, 0.2) is 0 Å². The predicted molar refractivity (Wildman–Crippen MR) is 58.5 cm³/mol. The molecule has 4 nitrogen and oxygen atoms in total. The summed E-state index contributed by atoms with van der Waals surface area (Å²) in [6.45, 7) is 0. The van der Waals surface area contributed by atoms with Gasteiger partial charge < -0.3 is 10.8 Å². The number of hydrogen-bond donors (Lipinski definition) is 2. The number of phenols is 1. The summed E-state index contributed by atoms with van der Waals surface area (Å²) in [7, 11) is 3.61. The molecule has 0 heterocycles. The van der Waals surface area contributed by atoms with Gasteiger partial charge in [-0.15, -0.1) is 0 Å². The molecule has 1 aromatic carbocycles. The number of nitrogens with zero attached hydrogens (tertiary/aromatic N) is 1. The zero-order valence-electron chi connectivity index (χ0n) is 8.97. The molecule has 15 heavy (non-hydrogen) atoms. The van der Waals surface area contributed by atoms with Crippen molar-refractivity contribution < 1.29 is 9.90 Å². The van der Waals surface area contributed by atoms with E-state index in [4.69, 9.17) is 5.73 Å². The zero-order valence-corrected chi connectivity index (χ0v) is 8.97. The van der Waals surface area contributed by atoms with Gasteiger partial charge in [-0.3, -0.25) is 9.69 Å². The number of rotatable bonds is 4. The quantitative estimate of drug-likeness (QED) is 0.750. The summed E-state index contributed by atoms with van der Waals surface area (Å²) in [5, 5.41) is 9.27. The molecule has 1 rings (SSSR count). The fourth-order valence-electron chi connectivity index (χ4n) is 1.44. The fourth-order valence-corrected chi connectivity index (χ4v) is 1.44. The van der Waals surface area contributed by atoms with Gasteiger partial charge in [-0.05, 0) is 38.2 Å². The Hall–Kier alpha value is -1.55. The second kappa shape index (κ2) is 4.79. The molecule has 1 amide bonds. The number of amides is 1. The van der Waals surface area contributed by atoms with E-state index in [-0.39, 0.29) is 17.7 Å². The molecule has 0 spiro atoms. The summed E-state index contributed by atoms with van der Waals surface area (Å²) in [4.78, 5) is 12.9. The van der Waals surface area contributed by atoms with E-state index >= 15 is 0 Å². The molecular formula is C11H16N2O2.